The number of fused-ring (bicyclic) bond motifs is 7. The molecule has 0 unspecified atom stereocenters. The van der Waals surface area contributed by atoms with Gasteiger partial charge in [0.1, 0.15) is 163 Å². The highest BCUT2D eigenvalue weighted by Crippen LogP contribution is 2.44. The quantitative estimate of drug-likeness (QED) is 0.0232. The number of aliphatic hydroxyl groups excluding tert-OH is 4. The number of aliphatic hydroxyl groups is 4. The summed E-state index contributed by atoms with van der Waals surface area (Å²) >= 11 is 6.27. The Hall–Kier alpha value is -15.8. The van der Waals surface area contributed by atoms with E-state index in [1.54, 1.807) is 85.5 Å². The number of rotatable bonds is 31. The standard InChI is InChI=1S/C30H26ClNO5.C30H27NO5.C27H25NO5.C27H21NO5/c1-18(2)26-13-25(34)29-27(36-16-20-8-4-3-7-19(20)15-33)11-22(12-28(29)37-26)35-17-21-14-32-30(31)24-10-6-5-9-23(21)24;1-19(2)27-15-26(33)30-28(35-17-21-8-4-3-7-20(21)16-32)13-23(14-29(30)36-27)34-18-22-11-12-31-25-10-6-5-9-24(22)25;1-17-20(7-4-10-28-17)15-31-22-11-25(32-16-21-6-3-2-5-19(21)14-29)27-23(30)13-24(18-8-9-18)33-26(27)12-22;29-13-6-14-31-25-15-19(32-23-11-12-28-21-10-5-4-9-20(21)23)16-26-27(25)22(30)17-24(33-26)18-7-2-1-3-8-18/h3-14,18,33H,15-17H2,1-2H3;3-15,19,32H,16-18H2,1-2H3;2-7,10-13,18,29H,8-9,14-16H2,1H3;1-5,7-12,15-17,29H,6,13-14H2. The molecule has 25 heteroatoms. The zero-order chi connectivity index (χ0) is 96.4. The second kappa shape index (κ2) is 44.3. The number of pyridine rings is 4. The Morgan fingerprint density at radius 2 is 0.770 bits per heavy atom. The predicted octanol–water partition coefficient (Wildman–Crippen LogP) is 23.5. The molecule has 0 amide bonds. The second-order valence-electron chi connectivity index (χ2n) is 33.9. The summed E-state index contributed by atoms with van der Waals surface area (Å²) in [6, 6.07) is 82.6. The summed E-state index contributed by atoms with van der Waals surface area (Å²) in [5, 5.41) is 43.7. The number of nitrogens with zero attached hydrogens (tertiary/aromatic N) is 4. The largest absolute Gasteiger partial charge is 0.492 e. The fraction of sp³-hybridized carbons (Fsp3) is 0.193. The molecule has 0 atom stereocenters. The van der Waals surface area contributed by atoms with Crippen LogP contribution >= 0.6 is 11.6 Å². The minimum Gasteiger partial charge on any atom is -0.492 e. The number of hydrogen-bond donors (Lipinski definition) is 4. The first-order valence-electron chi connectivity index (χ1n) is 45.7. The Kier molecular flexibility index (Phi) is 30.3. The zero-order valence-electron chi connectivity index (χ0n) is 76.9. The molecule has 0 spiro atoms. The first-order chi connectivity index (χ1) is 67.8. The Morgan fingerprint density at radius 3 is 1.29 bits per heavy atom. The van der Waals surface area contributed by atoms with Gasteiger partial charge < -0.3 is 76.0 Å². The van der Waals surface area contributed by atoms with Crippen molar-refractivity contribution >= 4 is 88.1 Å². The Labute approximate surface area is 803 Å². The number of aromatic nitrogens is 4. The summed E-state index contributed by atoms with van der Waals surface area (Å²) in [6.45, 7) is 11.2. The topological polar surface area (TPSA) is 327 Å². The Bertz CT molecular complexity index is 7900. The van der Waals surface area contributed by atoms with Crippen molar-refractivity contribution in [2.24, 2.45) is 0 Å². The number of hydrogen-bond acceptors (Lipinski definition) is 24. The molecule has 4 N–H and O–H groups in total. The molecule has 702 valence electrons. The smallest absolute Gasteiger partial charge is 0.197 e. The molecule has 0 aliphatic heterocycles. The highest BCUT2D eigenvalue weighted by molar-refractivity contribution is 6.34. The normalized spacial score (nSPS) is 11.7. The van der Waals surface area contributed by atoms with E-state index in [1.807, 2.05) is 229 Å². The molecular formula is C114H99ClN4O20. The van der Waals surface area contributed by atoms with E-state index in [0.29, 0.717) is 149 Å². The van der Waals surface area contributed by atoms with Gasteiger partial charge in [0.25, 0.3) is 0 Å². The molecule has 11 aromatic carbocycles. The van der Waals surface area contributed by atoms with E-state index < -0.39 is 0 Å². The van der Waals surface area contributed by atoms with E-state index in [4.69, 9.17) is 72.3 Å². The summed E-state index contributed by atoms with van der Waals surface area (Å²) in [6.07, 6.45) is 9.41. The lowest BCUT2D eigenvalue weighted by Gasteiger charge is -2.15. The monoisotopic (exact) mass is 1880 g/mol. The highest BCUT2D eigenvalue weighted by Gasteiger charge is 2.29. The van der Waals surface area contributed by atoms with Gasteiger partial charge in [-0.2, -0.15) is 0 Å². The third-order valence-corrected chi connectivity index (χ3v) is 23.9. The lowest BCUT2D eigenvalue weighted by Crippen LogP contribution is -2.08. The molecule has 1 aliphatic rings. The van der Waals surface area contributed by atoms with Crippen molar-refractivity contribution in [2.75, 3.05) is 13.2 Å². The lowest BCUT2D eigenvalue weighted by molar-refractivity contribution is 0.234. The van der Waals surface area contributed by atoms with Gasteiger partial charge in [-0.3, -0.25) is 34.1 Å². The summed E-state index contributed by atoms with van der Waals surface area (Å²) in [5.41, 5.74) is 12.0. The molecule has 8 heterocycles. The van der Waals surface area contributed by atoms with Crippen LogP contribution in [-0.4, -0.2) is 53.6 Å². The van der Waals surface area contributed by atoms with Crippen molar-refractivity contribution in [3.8, 4) is 63.1 Å². The number of benzene rings is 11. The van der Waals surface area contributed by atoms with Crippen LogP contribution in [0.3, 0.4) is 0 Å². The van der Waals surface area contributed by atoms with Crippen LogP contribution in [0, 0.1) is 6.92 Å². The maximum Gasteiger partial charge on any atom is 0.197 e. The second-order valence-corrected chi connectivity index (χ2v) is 34.2. The van der Waals surface area contributed by atoms with E-state index in [2.05, 4.69) is 19.9 Å². The number of para-hydroxylation sites is 2. The van der Waals surface area contributed by atoms with Gasteiger partial charge in [0, 0.05) is 172 Å². The first kappa shape index (κ1) is 94.9. The number of ether oxygens (including phenoxy) is 8. The molecule has 139 heavy (non-hydrogen) atoms. The van der Waals surface area contributed by atoms with Gasteiger partial charge in [0.15, 0.2) is 21.7 Å². The maximum atomic E-state index is 13.1. The zero-order valence-corrected chi connectivity index (χ0v) is 77.7. The average molecular weight is 1880 g/mol. The van der Waals surface area contributed by atoms with Crippen molar-refractivity contribution < 1.29 is 76.0 Å². The minimum absolute atomic E-state index is 0.0100. The number of halogens is 1. The molecule has 1 fully saturated rings. The Morgan fingerprint density at radius 1 is 0.353 bits per heavy atom. The van der Waals surface area contributed by atoms with E-state index in [1.165, 1.54) is 18.2 Å². The SMILES string of the molecule is CC(C)c1cc(=O)c2c(OCc3ccccc3CO)cc(OCc3ccnc4ccccc34)cc2o1.CC(C)c1cc(=O)c2c(OCc3ccccc3CO)cc(OCc3cnc(Cl)c4ccccc34)cc2o1.Cc1ncccc1COc1cc(OCc2ccccc2CO)c2c(=O)cc(C3CC3)oc2c1.O=c1cc(-c2ccccc2)oc2cc(Oc3ccnc4ccccc34)cc(OCCCO)c12. The van der Waals surface area contributed by atoms with Gasteiger partial charge >= 0.3 is 0 Å². The van der Waals surface area contributed by atoms with Crippen molar-refractivity contribution in [3.63, 3.8) is 0 Å². The molecular weight excluding hydrogens is 1780 g/mol. The fourth-order valence-corrected chi connectivity index (χ4v) is 16.2. The van der Waals surface area contributed by atoms with Crippen molar-refractivity contribution in [1.82, 2.24) is 19.9 Å². The maximum absolute atomic E-state index is 13.1. The molecule has 1 aliphatic carbocycles. The molecule has 19 aromatic rings. The van der Waals surface area contributed by atoms with Crippen LogP contribution in [0.25, 0.3) is 87.8 Å². The lowest BCUT2D eigenvalue weighted by atomic mass is 10.1. The van der Waals surface area contributed by atoms with Crippen LogP contribution in [0.1, 0.15) is 138 Å². The molecule has 1 saturated carbocycles. The van der Waals surface area contributed by atoms with Gasteiger partial charge in [0.05, 0.1) is 37.5 Å². The molecule has 0 radical (unpaired) electrons. The summed E-state index contributed by atoms with van der Waals surface area (Å²) in [4.78, 5) is 69.6. The van der Waals surface area contributed by atoms with Crippen molar-refractivity contribution in [2.45, 2.75) is 131 Å². The van der Waals surface area contributed by atoms with Gasteiger partial charge in [0.2, 0.25) is 0 Å². The first-order valence-corrected chi connectivity index (χ1v) is 46.0. The summed E-state index contributed by atoms with van der Waals surface area (Å²) in [7, 11) is 0. The third-order valence-electron chi connectivity index (χ3n) is 23.6. The minimum atomic E-state index is -0.213. The van der Waals surface area contributed by atoms with Crippen molar-refractivity contribution in [3.05, 3.63) is 417 Å². The van der Waals surface area contributed by atoms with Gasteiger partial charge in [-0.05, 0) is 94.9 Å². The molecule has 8 aromatic heterocycles. The summed E-state index contributed by atoms with van der Waals surface area (Å²) < 4.78 is 73.2. The van der Waals surface area contributed by atoms with E-state index in [-0.39, 0.29) is 93.0 Å². The number of aryl methyl sites for hydroxylation is 1. The molecule has 24 nitrogen and oxygen atoms in total. The van der Waals surface area contributed by atoms with Crippen molar-refractivity contribution in [1.29, 1.82) is 0 Å². The van der Waals surface area contributed by atoms with Crippen LogP contribution in [0.2, 0.25) is 5.15 Å². The van der Waals surface area contributed by atoms with Gasteiger partial charge in [-0.25, -0.2) is 4.98 Å². The Balaban J connectivity index is 0.000000128. The third kappa shape index (κ3) is 22.8. The van der Waals surface area contributed by atoms with Gasteiger partial charge in [-0.1, -0.05) is 203 Å². The highest BCUT2D eigenvalue weighted by atomic mass is 35.5. The average Bonchev–Trinajstić information content (AvgIpc) is 1.77. The molecule has 20 rings (SSSR count). The van der Waals surface area contributed by atoms with E-state index in [9.17, 15) is 34.5 Å². The summed E-state index contributed by atoms with van der Waals surface area (Å²) in [5.74, 6) is 6.88. The van der Waals surface area contributed by atoms with Crippen LogP contribution in [0.4, 0.5) is 0 Å². The fourth-order valence-electron chi connectivity index (χ4n) is 15.9. The van der Waals surface area contributed by atoms with E-state index in [0.717, 1.165) is 107 Å². The molecule has 0 bridgehead atoms. The predicted molar refractivity (Wildman–Crippen MR) is 535 cm³/mol. The van der Waals surface area contributed by atoms with Crippen LogP contribution in [0.15, 0.2) is 335 Å². The van der Waals surface area contributed by atoms with Crippen LogP contribution in [-0.2, 0) is 59.5 Å². The van der Waals surface area contributed by atoms with Crippen LogP contribution in [0.5, 0.6) is 51.7 Å². The van der Waals surface area contributed by atoms with E-state index >= 15 is 0 Å². The van der Waals surface area contributed by atoms with Gasteiger partial charge in [-0.15, -0.1) is 0 Å². The van der Waals surface area contributed by atoms with Crippen LogP contribution < -0.4 is 59.6 Å². The molecule has 0 saturated heterocycles.